The summed E-state index contributed by atoms with van der Waals surface area (Å²) in [5.74, 6) is -3.73. The van der Waals surface area contributed by atoms with Crippen molar-refractivity contribution in [3.63, 3.8) is 0 Å². The molecule has 1 aliphatic carbocycles. The van der Waals surface area contributed by atoms with Gasteiger partial charge in [-0.15, -0.1) is 0 Å². The Balaban J connectivity index is 2.01. The minimum atomic E-state index is -1.49. The van der Waals surface area contributed by atoms with E-state index in [1.807, 2.05) is 0 Å². The van der Waals surface area contributed by atoms with E-state index in [2.05, 4.69) is 16.0 Å². The molecule has 0 spiro atoms. The van der Waals surface area contributed by atoms with E-state index < -0.39 is 42.6 Å². The second-order valence-electron chi connectivity index (χ2n) is 7.18. The maximum atomic E-state index is 12.5. The van der Waals surface area contributed by atoms with E-state index in [0.29, 0.717) is 11.3 Å². The first kappa shape index (κ1) is 25.1. The number of carbonyl (C=O) groups is 4. The number of anilines is 1. The van der Waals surface area contributed by atoms with Gasteiger partial charge in [-0.3, -0.25) is 19.8 Å². The Hall–Kier alpha value is -4.19. The average molecular weight is 459 g/mol. The number of amides is 2. The number of guanidine groups is 1. The van der Waals surface area contributed by atoms with Gasteiger partial charge >= 0.3 is 11.9 Å². The average Bonchev–Trinajstić information content (AvgIpc) is 2.74. The Morgan fingerprint density at radius 2 is 1.94 bits per heavy atom. The molecule has 0 fully saturated rings. The Morgan fingerprint density at radius 1 is 1.18 bits per heavy atom. The first-order chi connectivity index (χ1) is 15.6. The molecule has 0 saturated carbocycles. The van der Waals surface area contributed by atoms with Crippen LogP contribution < -0.4 is 21.7 Å². The third kappa shape index (κ3) is 8.45. The lowest BCUT2D eigenvalue weighted by Crippen LogP contribution is -2.53. The highest BCUT2D eigenvalue weighted by molar-refractivity contribution is 5.98. The van der Waals surface area contributed by atoms with Crippen LogP contribution in [-0.4, -0.2) is 58.8 Å². The molecule has 0 saturated heterocycles. The number of carboxylic acid groups (broad SMARTS) is 2. The lowest BCUT2D eigenvalue weighted by atomic mass is 9.93. The van der Waals surface area contributed by atoms with Gasteiger partial charge in [-0.1, -0.05) is 23.8 Å². The largest absolute Gasteiger partial charge is 0.481 e. The van der Waals surface area contributed by atoms with E-state index in [4.69, 9.17) is 26.1 Å². The number of aliphatic carboxylic acids is 2. The van der Waals surface area contributed by atoms with Crippen LogP contribution in [0.1, 0.15) is 29.6 Å². The summed E-state index contributed by atoms with van der Waals surface area (Å²) < 4.78 is 5.42. The molecular formula is C21H25N5O7. The summed E-state index contributed by atoms with van der Waals surface area (Å²) in [4.78, 5) is 46.8. The molecule has 1 unspecified atom stereocenters. The van der Waals surface area contributed by atoms with Crippen LogP contribution in [0.25, 0.3) is 0 Å². The van der Waals surface area contributed by atoms with Crippen molar-refractivity contribution in [3.8, 4) is 0 Å². The first-order valence-corrected chi connectivity index (χ1v) is 9.84. The first-order valence-electron chi connectivity index (χ1n) is 9.84. The third-order valence-corrected chi connectivity index (χ3v) is 4.46. The number of nitrogens with one attached hydrogen (secondary N) is 4. The Bertz CT molecular complexity index is 1000. The third-order valence-electron chi connectivity index (χ3n) is 4.46. The molecule has 12 nitrogen and oxygen atoms in total. The number of hydrogen-bond acceptors (Lipinski definition) is 6. The highest BCUT2D eigenvalue weighted by Gasteiger charge is 2.33. The molecule has 8 N–H and O–H groups in total. The fraction of sp³-hybridized carbons (Fsp3) is 0.286. The highest BCUT2D eigenvalue weighted by atomic mass is 16.5. The molecule has 33 heavy (non-hydrogen) atoms. The Kier molecular flexibility index (Phi) is 8.69. The maximum Gasteiger partial charge on any atom is 0.329 e. The zero-order valence-corrected chi connectivity index (χ0v) is 17.6. The predicted octanol–water partition coefficient (Wildman–Crippen LogP) is 0.387. The summed E-state index contributed by atoms with van der Waals surface area (Å²) >= 11 is 0. The minimum absolute atomic E-state index is 0.0580. The van der Waals surface area contributed by atoms with E-state index in [1.54, 1.807) is 24.3 Å². The van der Waals surface area contributed by atoms with Gasteiger partial charge in [0, 0.05) is 24.1 Å². The van der Waals surface area contributed by atoms with E-state index in [-0.39, 0.29) is 30.8 Å². The van der Waals surface area contributed by atoms with Crippen LogP contribution in [0.5, 0.6) is 0 Å². The van der Waals surface area contributed by atoms with Crippen molar-refractivity contribution >= 4 is 35.4 Å². The maximum absolute atomic E-state index is 12.5. The van der Waals surface area contributed by atoms with Crippen LogP contribution in [-0.2, 0) is 19.1 Å². The zero-order chi connectivity index (χ0) is 24.4. The topological polar surface area (TPSA) is 204 Å². The number of hydrogen-bond donors (Lipinski definition) is 7. The van der Waals surface area contributed by atoms with Gasteiger partial charge in [-0.25, -0.2) is 4.79 Å². The second-order valence-corrected chi connectivity index (χ2v) is 7.18. The summed E-state index contributed by atoms with van der Waals surface area (Å²) in [5.41, 5.74) is 5.08. The molecule has 12 heteroatoms. The van der Waals surface area contributed by atoms with Gasteiger partial charge in [0.25, 0.3) is 5.91 Å². The van der Waals surface area contributed by atoms with E-state index in [0.717, 1.165) is 0 Å². The normalized spacial score (nSPS) is 16.9. The second kappa shape index (κ2) is 11.4. The van der Waals surface area contributed by atoms with Gasteiger partial charge in [0.15, 0.2) is 11.7 Å². The van der Waals surface area contributed by atoms with Crippen LogP contribution in [0.15, 0.2) is 48.1 Å². The van der Waals surface area contributed by atoms with Gasteiger partial charge in [0.1, 0.15) is 6.61 Å². The standard InChI is InChI=1S/C21H25N5O7/c22-20(23)25-15-5-1-4-14(9-15)19(32)24-11-16(27)26-21(33-12-18(30)31)8-2-3-13(10-21)6-7-17(28)29/h1-5,8-9H,6-7,10-12H2,(H,24,32)(H,26,27)(H,28,29)(H,30,31)(H4,22,23,25). The molecule has 2 rings (SSSR count). The zero-order valence-electron chi connectivity index (χ0n) is 17.6. The fourth-order valence-electron chi connectivity index (χ4n) is 3.08. The van der Waals surface area contributed by atoms with Gasteiger partial charge < -0.3 is 36.6 Å². The van der Waals surface area contributed by atoms with Crippen molar-refractivity contribution in [2.24, 2.45) is 5.73 Å². The van der Waals surface area contributed by atoms with Gasteiger partial charge in [-0.2, -0.15) is 0 Å². The number of ether oxygens (including phenoxy) is 1. The monoisotopic (exact) mass is 459 g/mol. The molecular weight excluding hydrogens is 434 g/mol. The van der Waals surface area contributed by atoms with Gasteiger partial charge in [0.05, 0.1) is 6.54 Å². The number of allylic oxidation sites excluding steroid dienone is 2. The molecule has 1 aromatic rings. The lowest BCUT2D eigenvalue weighted by molar-refractivity contribution is -0.151. The van der Waals surface area contributed by atoms with Crippen molar-refractivity contribution in [2.45, 2.75) is 25.0 Å². The summed E-state index contributed by atoms with van der Waals surface area (Å²) in [6.45, 7) is -1.12. The van der Waals surface area contributed by atoms with Crippen molar-refractivity contribution in [2.75, 3.05) is 18.5 Å². The SMILES string of the molecule is N=C(N)Nc1cccc(C(=O)NCC(=O)NC2(OCC(=O)O)C=CC=C(CCC(=O)O)C2)c1. The van der Waals surface area contributed by atoms with E-state index >= 15 is 0 Å². The van der Waals surface area contributed by atoms with Gasteiger partial charge in [-0.05, 0) is 30.7 Å². The highest BCUT2D eigenvalue weighted by Crippen LogP contribution is 2.27. The number of carbonyl (C=O) groups excluding carboxylic acids is 2. The summed E-state index contributed by atoms with van der Waals surface area (Å²) in [6.07, 6.45) is 4.83. The fourth-order valence-corrected chi connectivity index (χ4v) is 3.08. The van der Waals surface area contributed by atoms with Crippen LogP contribution in [0.3, 0.4) is 0 Å². The van der Waals surface area contributed by atoms with Crippen LogP contribution in [0, 0.1) is 5.41 Å². The summed E-state index contributed by atoms with van der Waals surface area (Å²) in [6, 6.07) is 6.15. The predicted molar refractivity (Wildman–Crippen MR) is 117 cm³/mol. The Morgan fingerprint density at radius 3 is 2.61 bits per heavy atom. The van der Waals surface area contributed by atoms with Crippen LogP contribution in [0.4, 0.5) is 5.69 Å². The minimum Gasteiger partial charge on any atom is -0.481 e. The van der Waals surface area contributed by atoms with Crippen molar-refractivity contribution < 1.29 is 34.1 Å². The quantitative estimate of drug-likeness (QED) is 0.139. The van der Waals surface area contributed by atoms with E-state index in [1.165, 1.54) is 18.2 Å². The molecule has 176 valence electrons. The smallest absolute Gasteiger partial charge is 0.329 e. The van der Waals surface area contributed by atoms with Crippen LogP contribution >= 0.6 is 0 Å². The van der Waals surface area contributed by atoms with Crippen molar-refractivity contribution in [3.05, 3.63) is 53.6 Å². The molecule has 0 radical (unpaired) electrons. The van der Waals surface area contributed by atoms with Crippen LogP contribution in [0.2, 0.25) is 0 Å². The number of carboxylic acids is 2. The molecule has 1 atom stereocenters. The molecule has 0 aromatic heterocycles. The van der Waals surface area contributed by atoms with Gasteiger partial charge in [0.2, 0.25) is 5.91 Å². The summed E-state index contributed by atoms with van der Waals surface area (Å²) in [7, 11) is 0. The van der Waals surface area contributed by atoms with Crippen molar-refractivity contribution in [1.29, 1.82) is 5.41 Å². The molecule has 0 bridgehead atoms. The molecule has 0 aliphatic heterocycles. The molecule has 1 aliphatic rings. The number of nitrogens with two attached hydrogens (primary N) is 1. The lowest BCUT2D eigenvalue weighted by Gasteiger charge is -2.34. The molecule has 0 heterocycles. The molecule has 1 aromatic carbocycles. The van der Waals surface area contributed by atoms with E-state index in [9.17, 15) is 19.2 Å². The summed E-state index contributed by atoms with van der Waals surface area (Å²) in [5, 5.41) is 32.7. The number of rotatable bonds is 11. The molecule has 2 amide bonds. The Labute approximate surface area is 189 Å². The number of benzene rings is 1. The van der Waals surface area contributed by atoms with Crippen molar-refractivity contribution in [1.82, 2.24) is 10.6 Å².